The molecule has 128 valence electrons. The van der Waals surface area contributed by atoms with Gasteiger partial charge in [-0.05, 0) is 12.0 Å². The van der Waals surface area contributed by atoms with Crippen LogP contribution in [0.3, 0.4) is 0 Å². The molecule has 5 heteroatoms. The molecule has 0 spiro atoms. The van der Waals surface area contributed by atoms with Crippen LogP contribution < -0.4 is 5.73 Å². The van der Waals surface area contributed by atoms with Gasteiger partial charge in [0, 0.05) is 12.8 Å². The van der Waals surface area contributed by atoms with E-state index in [9.17, 15) is 14.7 Å². The van der Waals surface area contributed by atoms with Crippen LogP contribution in [0.1, 0.15) is 51.0 Å². The highest BCUT2D eigenvalue weighted by atomic mass is 16.5. The Balaban J connectivity index is 2.43. The van der Waals surface area contributed by atoms with Crippen molar-refractivity contribution >= 4 is 11.9 Å². The maximum atomic E-state index is 11.7. The van der Waals surface area contributed by atoms with E-state index in [1.165, 1.54) is 0 Å². The van der Waals surface area contributed by atoms with E-state index >= 15 is 0 Å². The minimum atomic E-state index is -1.60. The van der Waals surface area contributed by atoms with Crippen LogP contribution in [0.15, 0.2) is 30.3 Å². The van der Waals surface area contributed by atoms with Crippen LogP contribution >= 0.6 is 0 Å². The molecule has 0 radical (unpaired) electrons. The molecule has 1 atom stereocenters. The van der Waals surface area contributed by atoms with Gasteiger partial charge >= 0.3 is 11.9 Å². The van der Waals surface area contributed by atoms with Crippen LogP contribution in [0.4, 0.5) is 0 Å². The predicted molar refractivity (Wildman–Crippen MR) is 89.0 cm³/mol. The van der Waals surface area contributed by atoms with Gasteiger partial charge in [0.05, 0.1) is 0 Å². The Morgan fingerprint density at radius 1 is 1.13 bits per heavy atom. The molecule has 1 rings (SSSR count). The molecule has 1 aromatic carbocycles. The number of esters is 1. The third-order valence-electron chi connectivity index (χ3n) is 3.76. The van der Waals surface area contributed by atoms with Gasteiger partial charge in [0.2, 0.25) is 0 Å². The van der Waals surface area contributed by atoms with Crippen molar-refractivity contribution in [1.29, 1.82) is 0 Å². The maximum absolute atomic E-state index is 11.7. The van der Waals surface area contributed by atoms with Crippen LogP contribution in [0.5, 0.6) is 0 Å². The van der Waals surface area contributed by atoms with Crippen LogP contribution in [0.25, 0.3) is 0 Å². The first-order valence-electron chi connectivity index (χ1n) is 8.20. The fraction of sp³-hybridized carbons (Fsp3) is 0.556. The number of carboxylic acids is 1. The molecule has 0 saturated heterocycles. The molecular weight excluding hydrogens is 294 g/mol. The van der Waals surface area contributed by atoms with E-state index in [2.05, 4.69) is 6.92 Å². The number of aliphatic carboxylic acids is 1. The zero-order chi connectivity index (χ0) is 17.1. The van der Waals surface area contributed by atoms with E-state index in [0.717, 1.165) is 37.7 Å². The van der Waals surface area contributed by atoms with Crippen LogP contribution in [-0.4, -0.2) is 29.2 Å². The number of hydrogen-bond donors (Lipinski definition) is 2. The molecule has 0 fully saturated rings. The molecule has 3 N–H and O–H groups in total. The Morgan fingerprint density at radius 2 is 1.78 bits per heavy atom. The van der Waals surface area contributed by atoms with Gasteiger partial charge in [0.25, 0.3) is 0 Å². The lowest BCUT2D eigenvalue weighted by Crippen LogP contribution is -2.54. The highest BCUT2D eigenvalue weighted by Crippen LogP contribution is 2.13. The maximum Gasteiger partial charge on any atom is 0.327 e. The molecule has 0 aliphatic rings. The third kappa shape index (κ3) is 7.28. The second kappa shape index (κ2) is 10.0. The van der Waals surface area contributed by atoms with E-state index in [4.69, 9.17) is 10.5 Å². The van der Waals surface area contributed by atoms with Crippen LogP contribution in [-0.2, 0) is 20.7 Å². The van der Waals surface area contributed by atoms with E-state index in [1.807, 2.05) is 18.2 Å². The van der Waals surface area contributed by atoms with Crippen molar-refractivity contribution in [2.75, 3.05) is 6.61 Å². The number of carboxylic acid groups (broad SMARTS) is 1. The summed E-state index contributed by atoms with van der Waals surface area (Å²) in [6.45, 7) is 1.82. The third-order valence-corrected chi connectivity index (χ3v) is 3.76. The summed E-state index contributed by atoms with van der Waals surface area (Å²) < 4.78 is 5.10. The molecule has 23 heavy (non-hydrogen) atoms. The number of unbranched alkanes of at least 4 members (excludes halogenated alkanes) is 4. The topological polar surface area (TPSA) is 89.6 Å². The van der Waals surface area contributed by atoms with Gasteiger partial charge in [-0.25, -0.2) is 0 Å². The lowest BCUT2D eigenvalue weighted by Gasteiger charge is -2.24. The summed E-state index contributed by atoms with van der Waals surface area (Å²) in [5.74, 6) is -1.55. The Morgan fingerprint density at radius 3 is 2.39 bits per heavy atom. The molecule has 1 unspecified atom stereocenters. The molecule has 0 heterocycles. The summed E-state index contributed by atoms with van der Waals surface area (Å²) in [5.41, 5.74) is 5.14. The quantitative estimate of drug-likeness (QED) is 0.483. The number of hydrogen-bond acceptors (Lipinski definition) is 4. The van der Waals surface area contributed by atoms with E-state index in [1.54, 1.807) is 12.1 Å². The van der Waals surface area contributed by atoms with Crippen molar-refractivity contribution in [2.45, 2.75) is 57.4 Å². The zero-order valence-electron chi connectivity index (χ0n) is 13.8. The number of ether oxygens (including phenoxy) is 1. The zero-order valence-corrected chi connectivity index (χ0v) is 13.8. The van der Waals surface area contributed by atoms with Gasteiger partial charge in [-0.2, -0.15) is 0 Å². The van der Waals surface area contributed by atoms with Gasteiger partial charge in [0.1, 0.15) is 6.61 Å². The van der Waals surface area contributed by atoms with E-state index in [0.29, 0.717) is 6.42 Å². The first-order chi connectivity index (χ1) is 11.0. The van der Waals surface area contributed by atoms with Gasteiger partial charge < -0.3 is 15.6 Å². The summed E-state index contributed by atoms with van der Waals surface area (Å²) in [7, 11) is 0. The number of rotatable bonds is 11. The Kier molecular flexibility index (Phi) is 8.33. The van der Waals surface area contributed by atoms with Crippen molar-refractivity contribution < 1.29 is 19.4 Å². The predicted octanol–water partition coefficient (Wildman–Crippen LogP) is 2.91. The summed E-state index contributed by atoms with van der Waals surface area (Å²) in [4.78, 5) is 23.2. The SMILES string of the molecule is CCCCCCCC(=O)OCC(N)(Cc1ccccc1)C(=O)O. The number of nitrogens with two attached hydrogens (primary N) is 1. The summed E-state index contributed by atoms with van der Waals surface area (Å²) >= 11 is 0. The van der Waals surface area contributed by atoms with Gasteiger partial charge in [-0.3, -0.25) is 9.59 Å². The Labute approximate surface area is 137 Å². The Hall–Kier alpha value is -1.88. The molecule has 1 aromatic rings. The lowest BCUT2D eigenvalue weighted by atomic mass is 9.93. The van der Waals surface area contributed by atoms with Crippen LogP contribution in [0.2, 0.25) is 0 Å². The number of benzene rings is 1. The number of carbonyl (C=O) groups excluding carboxylic acids is 1. The normalized spacial score (nSPS) is 13.3. The summed E-state index contributed by atoms with van der Waals surface area (Å²) in [5, 5.41) is 9.36. The largest absolute Gasteiger partial charge is 0.480 e. The minimum Gasteiger partial charge on any atom is -0.480 e. The van der Waals surface area contributed by atoms with Gasteiger partial charge in [0.15, 0.2) is 5.54 Å². The van der Waals surface area contributed by atoms with Crippen molar-refractivity contribution in [1.82, 2.24) is 0 Å². The highest BCUT2D eigenvalue weighted by Gasteiger charge is 2.36. The fourth-order valence-corrected chi connectivity index (χ4v) is 2.30. The minimum absolute atomic E-state index is 0.118. The first kappa shape index (κ1) is 19.2. The molecule has 0 aromatic heterocycles. The lowest BCUT2D eigenvalue weighted by molar-refractivity contribution is -0.152. The average molecular weight is 321 g/mol. The van der Waals surface area contributed by atoms with Crippen LogP contribution in [0, 0.1) is 0 Å². The second-order valence-corrected chi connectivity index (χ2v) is 5.95. The van der Waals surface area contributed by atoms with Gasteiger partial charge in [-0.15, -0.1) is 0 Å². The van der Waals surface area contributed by atoms with Crippen molar-refractivity contribution in [3.63, 3.8) is 0 Å². The van der Waals surface area contributed by atoms with E-state index < -0.39 is 11.5 Å². The van der Waals surface area contributed by atoms with Crippen molar-refractivity contribution in [3.05, 3.63) is 35.9 Å². The molecule has 0 aliphatic carbocycles. The molecule has 0 aliphatic heterocycles. The van der Waals surface area contributed by atoms with Crippen molar-refractivity contribution in [2.24, 2.45) is 5.73 Å². The highest BCUT2D eigenvalue weighted by molar-refractivity contribution is 5.80. The molecule has 0 bridgehead atoms. The molecule has 0 saturated carbocycles. The van der Waals surface area contributed by atoms with E-state index in [-0.39, 0.29) is 19.0 Å². The standard InChI is InChI=1S/C18H27NO4/c1-2-3-4-5-9-12-16(20)23-14-18(19,17(21)22)13-15-10-7-6-8-11-15/h6-8,10-11H,2-5,9,12-14,19H2,1H3,(H,21,22). The smallest absolute Gasteiger partial charge is 0.327 e. The summed E-state index contributed by atoms with van der Waals surface area (Å²) in [6.07, 6.45) is 5.60. The molecular formula is C18H27NO4. The summed E-state index contributed by atoms with van der Waals surface area (Å²) in [6, 6.07) is 9.10. The average Bonchev–Trinajstić information content (AvgIpc) is 2.53. The molecule has 0 amide bonds. The Bertz CT molecular complexity index is 489. The second-order valence-electron chi connectivity index (χ2n) is 5.95. The fourth-order valence-electron chi connectivity index (χ4n) is 2.30. The van der Waals surface area contributed by atoms with Gasteiger partial charge in [-0.1, -0.05) is 62.9 Å². The first-order valence-corrected chi connectivity index (χ1v) is 8.20. The monoisotopic (exact) mass is 321 g/mol. The number of carbonyl (C=O) groups is 2. The van der Waals surface area contributed by atoms with Crippen molar-refractivity contribution in [3.8, 4) is 0 Å². The molecule has 5 nitrogen and oxygen atoms in total.